The summed E-state index contributed by atoms with van der Waals surface area (Å²) in [7, 11) is 3.84. The fourth-order valence-electron chi connectivity index (χ4n) is 2.90. The van der Waals surface area contributed by atoms with E-state index in [1.807, 2.05) is 41.9 Å². The maximum atomic E-state index is 13.4. The van der Waals surface area contributed by atoms with E-state index in [9.17, 15) is 4.39 Å². The molecular weight excluding hydrogens is 363 g/mol. The molecular formula is C19H17FN6S. The second-order valence-electron chi connectivity index (χ2n) is 6.08. The van der Waals surface area contributed by atoms with Crippen molar-refractivity contribution in [3.8, 4) is 22.6 Å². The normalized spacial score (nSPS) is 11.1. The average Bonchev–Trinajstić information content (AvgIpc) is 3.08. The molecule has 3 aromatic heterocycles. The number of benzene rings is 1. The van der Waals surface area contributed by atoms with Crippen LogP contribution < -0.4 is 4.90 Å². The molecule has 0 saturated heterocycles. The van der Waals surface area contributed by atoms with Crippen LogP contribution in [0.2, 0.25) is 0 Å². The molecule has 0 unspecified atom stereocenters. The van der Waals surface area contributed by atoms with Crippen LogP contribution in [0.4, 0.5) is 10.2 Å². The Hall–Kier alpha value is -3.00. The number of fused-ring (bicyclic) bond motifs is 1. The summed E-state index contributed by atoms with van der Waals surface area (Å²) >= 11 is 1.48. The summed E-state index contributed by atoms with van der Waals surface area (Å²) in [4.78, 5) is 20.1. The average molecular weight is 380 g/mol. The first-order valence-corrected chi connectivity index (χ1v) is 9.48. The van der Waals surface area contributed by atoms with E-state index < -0.39 is 0 Å². The van der Waals surface area contributed by atoms with Gasteiger partial charge in [-0.05, 0) is 36.6 Å². The molecule has 0 radical (unpaired) electrons. The van der Waals surface area contributed by atoms with Gasteiger partial charge in [-0.2, -0.15) is 0 Å². The molecule has 6 nitrogen and oxygen atoms in total. The molecule has 0 aliphatic rings. The van der Waals surface area contributed by atoms with Crippen LogP contribution in [-0.4, -0.2) is 44.7 Å². The van der Waals surface area contributed by atoms with E-state index in [0.717, 1.165) is 28.5 Å². The van der Waals surface area contributed by atoms with Crippen molar-refractivity contribution in [2.45, 2.75) is 5.16 Å². The second-order valence-corrected chi connectivity index (χ2v) is 6.86. The summed E-state index contributed by atoms with van der Waals surface area (Å²) in [6, 6.07) is 8.16. The largest absolute Gasteiger partial charge is 0.360 e. The first-order chi connectivity index (χ1) is 13.1. The first kappa shape index (κ1) is 17.4. The predicted octanol–water partition coefficient (Wildman–Crippen LogP) is 3.78. The van der Waals surface area contributed by atoms with Crippen LogP contribution in [0.15, 0.2) is 54.1 Å². The maximum absolute atomic E-state index is 13.4. The fraction of sp³-hybridized carbons (Fsp3) is 0.158. The van der Waals surface area contributed by atoms with Gasteiger partial charge in [-0.3, -0.25) is 4.40 Å². The lowest BCUT2D eigenvalue weighted by atomic mass is 10.1. The molecule has 27 heavy (non-hydrogen) atoms. The standard InChI is InChI=1S/C19H17FN6S/c1-25(2)17-18-24-15(12-4-6-13(20)7-5-12)16(26(18)11-10-21-17)14-8-9-22-19(23-14)27-3/h4-11H,1-3H3. The second kappa shape index (κ2) is 6.96. The van der Waals surface area contributed by atoms with E-state index in [4.69, 9.17) is 4.98 Å². The van der Waals surface area contributed by atoms with Crippen molar-refractivity contribution in [3.63, 3.8) is 0 Å². The van der Waals surface area contributed by atoms with E-state index >= 15 is 0 Å². The Morgan fingerprint density at radius 2 is 1.78 bits per heavy atom. The minimum Gasteiger partial charge on any atom is -0.360 e. The number of thioether (sulfide) groups is 1. The van der Waals surface area contributed by atoms with Gasteiger partial charge in [-0.15, -0.1) is 0 Å². The van der Waals surface area contributed by atoms with Crippen molar-refractivity contribution in [2.24, 2.45) is 0 Å². The third-order valence-corrected chi connectivity index (χ3v) is 4.69. The molecule has 4 aromatic rings. The van der Waals surface area contributed by atoms with E-state index in [-0.39, 0.29) is 5.82 Å². The highest BCUT2D eigenvalue weighted by Crippen LogP contribution is 2.34. The smallest absolute Gasteiger partial charge is 0.187 e. The van der Waals surface area contributed by atoms with Crippen molar-refractivity contribution >= 4 is 23.2 Å². The molecule has 136 valence electrons. The highest BCUT2D eigenvalue weighted by molar-refractivity contribution is 7.98. The molecule has 0 spiro atoms. The molecule has 4 rings (SSSR count). The van der Waals surface area contributed by atoms with Crippen molar-refractivity contribution in [1.29, 1.82) is 0 Å². The topological polar surface area (TPSA) is 59.2 Å². The SMILES string of the molecule is CSc1nccc(-c2c(-c3ccc(F)cc3)nc3c(N(C)C)nccn23)n1. The number of anilines is 1. The molecule has 0 bridgehead atoms. The summed E-state index contributed by atoms with van der Waals surface area (Å²) in [6.07, 6.45) is 7.26. The number of imidazole rings is 1. The molecule has 0 saturated carbocycles. The van der Waals surface area contributed by atoms with E-state index in [1.165, 1.54) is 23.9 Å². The Morgan fingerprint density at radius 1 is 1.00 bits per heavy atom. The van der Waals surface area contributed by atoms with Crippen LogP contribution in [0, 0.1) is 5.82 Å². The monoisotopic (exact) mass is 380 g/mol. The van der Waals surface area contributed by atoms with Gasteiger partial charge in [0.05, 0.1) is 17.1 Å². The molecule has 0 fully saturated rings. The van der Waals surface area contributed by atoms with Gasteiger partial charge in [0.25, 0.3) is 0 Å². The Morgan fingerprint density at radius 3 is 2.48 bits per heavy atom. The molecule has 0 amide bonds. The van der Waals surface area contributed by atoms with E-state index in [2.05, 4.69) is 15.0 Å². The van der Waals surface area contributed by atoms with Gasteiger partial charge in [0.15, 0.2) is 16.6 Å². The summed E-state index contributed by atoms with van der Waals surface area (Å²) in [5.41, 5.74) is 3.80. The quantitative estimate of drug-likeness (QED) is 0.397. The molecule has 3 heterocycles. The zero-order valence-corrected chi connectivity index (χ0v) is 15.9. The van der Waals surface area contributed by atoms with Crippen LogP contribution in [0.1, 0.15) is 0 Å². The van der Waals surface area contributed by atoms with Gasteiger partial charge in [0, 0.05) is 38.2 Å². The van der Waals surface area contributed by atoms with Gasteiger partial charge in [-0.1, -0.05) is 11.8 Å². The lowest BCUT2D eigenvalue weighted by Crippen LogP contribution is -2.12. The molecule has 0 N–H and O–H groups in total. The third kappa shape index (κ3) is 3.12. The number of aromatic nitrogens is 5. The number of rotatable bonds is 4. The first-order valence-electron chi connectivity index (χ1n) is 8.26. The predicted molar refractivity (Wildman–Crippen MR) is 106 cm³/mol. The molecule has 8 heteroatoms. The van der Waals surface area contributed by atoms with Gasteiger partial charge in [-0.25, -0.2) is 24.3 Å². The number of hydrogen-bond donors (Lipinski definition) is 0. The Kier molecular flexibility index (Phi) is 4.49. The Labute approximate surface area is 160 Å². The molecule has 0 atom stereocenters. The van der Waals surface area contributed by atoms with Crippen molar-refractivity contribution < 1.29 is 4.39 Å². The highest BCUT2D eigenvalue weighted by atomic mass is 32.2. The zero-order valence-electron chi connectivity index (χ0n) is 15.1. The summed E-state index contributed by atoms with van der Waals surface area (Å²) in [6.45, 7) is 0. The van der Waals surface area contributed by atoms with Crippen LogP contribution in [0.3, 0.4) is 0 Å². The van der Waals surface area contributed by atoms with Crippen LogP contribution in [-0.2, 0) is 0 Å². The Balaban J connectivity index is 2.06. The van der Waals surface area contributed by atoms with E-state index in [1.54, 1.807) is 24.5 Å². The Bertz CT molecular complexity index is 1110. The number of hydrogen-bond acceptors (Lipinski definition) is 6. The minimum atomic E-state index is -0.286. The van der Waals surface area contributed by atoms with Crippen molar-refractivity contribution in [3.05, 3.63) is 54.7 Å². The zero-order chi connectivity index (χ0) is 19.0. The van der Waals surface area contributed by atoms with Gasteiger partial charge in [0.2, 0.25) is 0 Å². The number of nitrogens with zero attached hydrogens (tertiary/aromatic N) is 6. The highest BCUT2D eigenvalue weighted by Gasteiger charge is 2.20. The summed E-state index contributed by atoms with van der Waals surface area (Å²) in [5.74, 6) is 0.456. The maximum Gasteiger partial charge on any atom is 0.187 e. The van der Waals surface area contributed by atoms with Crippen LogP contribution in [0.25, 0.3) is 28.3 Å². The minimum absolute atomic E-state index is 0.286. The fourth-order valence-corrected chi connectivity index (χ4v) is 3.26. The number of halogens is 1. The lowest BCUT2D eigenvalue weighted by molar-refractivity contribution is 0.628. The van der Waals surface area contributed by atoms with Gasteiger partial charge in [0.1, 0.15) is 5.82 Å². The molecule has 1 aromatic carbocycles. The van der Waals surface area contributed by atoms with Crippen molar-refractivity contribution in [1.82, 2.24) is 24.3 Å². The van der Waals surface area contributed by atoms with Crippen LogP contribution >= 0.6 is 11.8 Å². The van der Waals surface area contributed by atoms with Crippen LogP contribution in [0.5, 0.6) is 0 Å². The summed E-state index contributed by atoms with van der Waals surface area (Å²) in [5, 5.41) is 0.675. The summed E-state index contributed by atoms with van der Waals surface area (Å²) < 4.78 is 15.4. The molecule has 0 aliphatic heterocycles. The van der Waals surface area contributed by atoms with E-state index in [0.29, 0.717) is 10.8 Å². The third-order valence-electron chi connectivity index (χ3n) is 4.12. The lowest BCUT2D eigenvalue weighted by Gasteiger charge is -2.12. The van der Waals surface area contributed by atoms with Gasteiger partial charge >= 0.3 is 0 Å². The molecule has 0 aliphatic carbocycles. The van der Waals surface area contributed by atoms with Crippen molar-refractivity contribution in [2.75, 3.05) is 25.3 Å². The van der Waals surface area contributed by atoms with Gasteiger partial charge < -0.3 is 4.90 Å².